The molecule has 0 radical (unpaired) electrons. The molecule has 1 aromatic rings. The van der Waals surface area contributed by atoms with Gasteiger partial charge in [0.1, 0.15) is 6.61 Å². The molecule has 1 heterocycles. The molecule has 1 aliphatic heterocycles. The van der Waals surface area contributed by atoms with Gasteiger partial charge < -0.3 is 15.2 Å². The van der Waals surface area contributed by atoms with Crippen LogP contribution < -0.4 is 5.32 Å². The van der Waals surface area contributed by atoms with Gasteiger partial charge in [-0.05, 0) is 24.9 Å². The van der Waals surface area contributed by atoms with Crippen molar-refractivity contribution in [2.75, 3.05) is 26.2 Å². The Morgan fingerprint density at radius 3 is 2.83 bits per heavy atom. The lowest BCUT2D eigenvalue weighted by Gasteiger charge is -2.32. The van der Waals surface area contributed by atoms with Gasteiger partial charge in [0, 0.05) is 19.1 Å². The van der Waals surface area contributed by atoms with Crippen LogP contribution in [-0.4, -0.2) is 54.2 Å². The van der Waals surface area contributed by atoms with Gasteiger partial charge in [-0.3, -0.25) is 14.5 Å². The lowest BCUT2D eigenvalue weighted by molar-refractivity contribution is -0.144. The highest BCUT2D eigenvalue weighted by Crippen LogP contribution is 2.09. The Morgan fingerprint density at radius 2 is 2.09 bits per heavy atom. The van der Waals surface area contributed by atoms with Gasteiger partial charge in [0.05, 0.1) is 13.0 Å². The van der Waals surface area contributed by atoms with Crippen LogP contribution in [0.5, 0.6) is 0 Å². The van der Waals surface area contributed by atoms with Crippen LogP contribution in [-0.2, 0) is 20.9 Å². The monoisotopic (exact) mass is 320 g/mol. The standard InChI is InChI=1S/C17H24N2O4/c20-16(21)12-19-10-4-7-15(11-19)18-9-8-17(22)23-13-14-5-2-1-3-6-14/h1-3,5-6,15,18H,4,7-13H2,(H,20,21)/t15-/m1/s1. The summed E-state index contributed by atoms with van der Waals surface area (Å²) in [6, 6.07) is 9.83. The first-order valence-electron chi connectivity index (χ1n) is 8.00. The summed E-state index contributed by atoms with van der Waals surface area (Å²) < 4.78 is 5.22. The number of carboxylic acids is 1. The fraction of sp³-hybridized carbons (Fsp3) is 0.529. The van der Waals surface area contributed by atoms with E-state index < -0.39 is 5.97 Å². The van der Waals surface area contributed by atoms with E-state index in [9.17, 15) is 9.59 Å². The number of hydrogen-bond acceptors (Lipinski definition) is 5. The largest absolute Gasteiger partial charge is 0.480 e. The van der Waals surface area contributed by atoms with Gasteiger partial charge in [0.15, 0.2) is 0 Å². The molecule has 0 amide bonds. The average molecular weight is 320 g/mol. The minimum Gasteiger partial charge on any atom is -0.480 e. The summed E-state index contributed by atoms with van der Waals surface area (Å²) >= 11 is 0. The summed E-state index contributed by atoms with van der Waals surface area (Å²) in [5, 5.41) is 12.1. The molecule has 2 N–H and O–H groups in total. The number of esters is 1. The summed E-state index contributed by atoms with van der Waals surface area (Å²) in [4.78, 5) is 24.4. The van der Waals surface area contributed by atoms with Crippen molar-refractivity contribution in [3.8, 4) is 0 Å². The summed E-state index contributed by atoms with van der Waals surface area (Å²) in [6.07, 6.45) is 2.31. The van der Waals surface area contributed by atoms with E-state index in [4.69, 9.17) is 9.84 Å². The average Bonchev–Trinajstić information content (AvgIpc) is 2.54. The second kappa shape index (κ2) is 9.27. The summed E-state index contributed by atoms with van der Waals surface area (Å²) in [6.45, 7) is 2.47. The number of carbonyl (C=O) groups is 2. The molecule has 0 saturated carbocycles. The van der Waals surface area contributed by atoms with Gasteiger partial charge in [-0.15, -0.1) is 0 Å². The molecule has 2 rings (SSSR count). The van der Waals surface area contributed by atoms with E-state index in [1.165, 1.54) is 0 Å². The normalized spacial score (nSPS) is 18.5. The molecule has 0 aliphatic carbocycles. The molecule has 126 valence electrons. The maximum Gasteiger partial charge on any atom is 0.317 e. The molecule has 6 nitrogen and oxygen atoms in total. The Balaban J connectivity index is 1.60. The molecule has 1 aliphatic rings. The van der Waals surface area contributed by atoms with Crippen molar-refractivity contribution in [2.24, 2.45) is 0 Å². The van der Waals surface area contributed by atoms with E-state index in [1.807, 2.05) is 35.2 Å². The van der Waals surface area contributed by atoms with Gasteiger partial charge in [0.25, 0.3) is 0 Å². The zero-order chi connectivity index (χ0) is 16.5. The predicted octanol–water partition coefficient (Wildman–Crippen LogP) is 1.26. The van der Waals surface area contributed by atoms with Crippen LogP contribution in [0.4, 0.5) is 0 Å². The molecule has 0 aromatic heterocycles. The second-order valence-corrected chi connectivity index (χ2v) is 5.82. The number of hydrogen-bond donors (Lipinski definition) is 2. The maximum atomic E-state index is 11.7. The Morgan fingerprint density at radius 1 is 1.30 bits per heavy atom. The van der Waals surface area contributed by atoms with Gasteiger partial charge in [-0.25, -0.2) is 0 Å². The van der Waals surface area contributed by atoms with Crippen molar-refractivity contribution in [3.05, 3.63) is 35.9 Å². The summed E-state index contributed by atoms with van der Waals surface area (Å²) in [5.41, 5.74) is 0.977. The van der Waals surface area contributed by atoms with Crippen molar-refractivity contribution in [1.29, 1.82) is 0 Å². The van der Waals surface area contributed by atoms with E-state index >= 15 is 0 Å². The molecule has 1 fully saturated rings. The number of nitrogens with zero attached hydrogens (tertiary/aromatic N) is 1. The van der Waals surface area contributed by atoms with E-state index in [0.717, 1.165) is 24.9 Å². The number of nitrogens with one attached hydrogen (secondary N) is 1. The van der Waals surface area contributed by atoms with Gasteiger partial charge >= 0.3 is 11.9 Å². The predicted molar refractivity (Wildman–Crippen MR) is 86.0 cm³/mol. The molecule has 0 bridgehead atoms. The molecule has 1 aromatic carbocycles. The number of piperidine rings is 1. The van der Waals surface area contributed by atoms with E-state index in [-0.39, 0.29) is 18.6 Å². The molecule has 0 spiro atoms. The van der Waals surface area contributed by atoms with E-state index in [2.05, 4.69) is 5.32 Å². The van der Waals surface area contributed by atoms with Crippen LogP contribution in [0.1, 0.15) is 24.8 Å². The van der Waals surface area contributed by atoms with E-state index in [1.54, 1.807) is 0 Å². The maximum absolute atomic E-state index is 11.7. The minimum absolute atomic E-state index is 0.0807. The highest BCUT2D eigenvalue weighted by molar-refractivity contribution is 5.69. The highest BCUT2D eigenvalue weighted by atomic mass is 16.5. The van der Waals surface area contributed by atoms with Crippen molar-refractivity contribution >= 4 is 11.9 Å². The SMILES string of the molecule is O=C(O)CN1CCC[C@@H](NCCC(=O)OCc2ccccc2)C1. The Kier molecular flexibility index (Phi) is 7.03. The zero-order valence-electron chi connectivity index (χ0n) is 13.2. The number of ether oxygens (including phenoxy) is 1. The first-order valence-corrected chi connectivity index (χ1v) is 8.00. The number of aliphatic carboxylic acids is 1. The molecule has 0 unspecified atom stereocenters. The topological polar surface area (TPSA) is 78.9 Å². The van der Waals surface area contributed by atoms with Gasteiger partial charge in [0.2, 0.25) is 0 Å². The van der Waals surface area contributed by atoms with Crippen LogP contribution in [0.3, 0.4) is 0 Å². The van der Waals surface area contributed by atoms with Gasteiger partial charge in [-0.2, -0.15) is 0 Å². The Bertz CT molecular complexity index is 507. The highest BCUT2D eigenvalue weighted by Gasteiger charge is 2.21. The zero-order valence-corrected chi connectivity index (χ0v) is 13.2. The number of likely N-dealkylation sites (tertiary alicyclic amines) is 1. The lowest BCUT2D eigenvalue weighted by atomic mass is 10.1. The molecular weight excluding hydrogens is 296 g/mol. The first kappa shape index (κ1) is 17.4. The number of rotatable bonds is 8. The van der Waals surface area contributed by atoms with Crippen LogP contribution in [0.15, 0.2) is 30.3 Å². The molecule has 1 atom stereocenters. The third kappa shape index (κ3) is 6.80. The molecule has 23 heavy (non-hydrogen) atoms. The Labute approximate surface area is 136 Å². The van der Waals surface area contributed by atoms with Crippen molar-refractivity contribution in [2.45, 2.75) is 31.9 Å². The quantitative estimate of drug-likeness (QED) is 0.702. The van der Waals surface area contributed by atoms with Crippen LogP contribution in [0.25, 0.3) is 0 Å². The van der Waals surface area contributed by atoms with Crippen molar-refractivity contribution in [1.82, 2.24) is 10.2 Å². The summed E-state index contributed by atoms with van der Waals surface area (Å²) in [5.74, 6) is -1.02. The smallest absolute Gasteiger partial charge is 0.317 e. The van der Waals surface area contributed by atoms with Crippen molar-refractivity contribution in [3.63, 3.8) is 0 Å². The first-order chi connectivity index (χ1) is 11.1. The third-order valence-corrected chi connectivity index (χ3v) is 3.87. The van der Waals surface area contributed by atoms with Gasteiger partial charge in [-0.1, -0.05) is 30.3 Å². The van der Waals surface area contributed by atoms with Crippen LogP contribution >= 0.6 is 0 Å². The molecule has 6 heteroatoms. The third-order valence-electron chi connectivity index (χ3n) is 3.87. The summed E-state index contributed by atoms with van der Waals surface area (Å²) in [7, 11) is 0. The lowest BCUT2D eigenvalue weighted by Crippen LogP contribution is -2.47. The van der Waals surface area contributed by atoms with Crippen LogP contribution in [0, 0.1) is 0 Å². The Hall–Kier alpha value is -1.92. The van der Waals surface area contributed by atoms with Crippen LogP contribution in [0.2, 0.25) is 0 Å². The molecular formula is C17H24N2O4. The fourth-order valence-electron chi connectivity index (χ4n) is 2.75. The minimum atomic E-state index is -0.796. The fourth-order valence-corrected chi connectivity index (χ4v) is 2.75. The number of carbonyl (C=O) groups excluding carboxylic acids is 1. The molecule has 1 saturated heterocycles. The number of carboxylic acid groups (broad SMARTS) is 1. The van der Waals surface area contributed by atoms with E-state index in [0.29, 0.717) is 26.1 Å². The second-order valence-electron chi connectivity index (χ2n) is 5.82. The van der Waals surface area contributed by atoms with Crippen molar-refractivity contribution < 1.29 is 19.4 Å². The number of benzene rings is 1.